The van der Waals surface area contributed by atoms with Gasteiger partial charge in [0.25, 0.3) is 0 Å². The number of halogens is 1. The van der Waals surface area contributed by atoms with Crippen molar-refractivity contribution in [2.75, 3.05) is 0 Å². The predicted octanol–water partition coefficient (Wildman–Crippen LogP) is 3.93. The molecule has 1 N–H and O–H groups in total. The number of pyridine rings is 1. The van der Waals surface area contributed by atoms with Crippen LogP contribution in [-0.4, -0.2) is 16.1 Å². The molecule has 0 aliphatic heterocycles. The Labute approximate surface area is 121 Å². The van der Waals surface area contributed by atoms with Crippen LogP contribution in [0.1, 0.15) is 11.1 Å². The topological polar surface area (TPSA) is 59.4 Å². The van der Waals surface area contributed by atoms with E-state index in [1.807, 2.05) is 6.92 Å². The highest BCUT2D eigenvalue weighted by molar-refractivity contribution is 6.31. The zero-order valence-corrected chi connectivity index (χ0v) is 11.5. The van der Waals surface area contributed by atoms with Crippen molar-refractivity contribution in [3.8, 4) is 11.6 Å². The fraction of sp³-hybridized carbons (Fsp3) is 0.0667. The Morgan fingerprint density at radius 1 is 1.40 bits per heavy atom. The molecule has 0 fully saturated rings. The SMILES string of the molecule is Cc1cc(Oc2ncccc2/C=C/C(=O)O)ccc1Cl. The quantitative estimate of drug-likeness (QED) is 0.866. The van der Waals surface area contributed by atoms with Gasteiger partial charge in [0.05, 0.1) is 0 Å². The zero-order valence-electron chi connectivity index (χ0n) is 10.7. The van der Waals surface area contributed by atoms with Crippen LogP contribution in [0.4, 0.5) is 0 Å². The summed E-state index contributed by atoms with van der Waals surface area (Å²) in [5, 5.41) is 9.32. The lowest BCUT2D eigenvalue weighted by Gasteiger charge is -2.08. The van der Waals surface area contributed by atoms with Crippen molar-refractivity contribution in [3.05, 3.63) is 58.8 Å². The number of aryl methyl sites for hydroxylation is 1. The van der Waals surface area contributed by atoms with Gasteiger partial charge in [-0.2, -0.15) is 0 Å². The summed E-state index contributed by atoms with van der Waals surface area (Å²) in [4.78, 5) is 14.7. The molecule has 2 rings (SSSR count). The molecule has 0 aliphatic rings. The van der Waals surface area contributed by atoms with Crippen LogP contribution in [0.25, 0.3) is 6.08 Å². The van der Waals surface area contributed by atoms with Crippen LogP contribution in [-0.2, 0) is 4.79 Å². The molecule has 2 aromatic rings. The maximum Gasteiger partial charge on any atom is 0.328 e. The van der Waals surface area contributed by atoms with Gasteiger partial charge in [-0.25, -0.2) is 9.78 Å². The van der Waals surface area contributed by atoms with Gasteiger partial charge in [-0.05, 0) is 48.9 Å². The van der Waals surface area contributed by atoms with Crippen molar-refractivity contribution < 1.29 is 14.6 Å². The number of carbonyl (C=O) groups is 1. The standard InChI is InChI=1S/C15H12ClNO3/c1-10-9-12(5-6-13(10)16)20-15-11(3-2-8-17-15)4-7-14(18)19/h2-9H,1H3,(H,18,19)/b7-4+. The number of hydrogen-bond acceptors (Lipinski definition) is 3. The number of hydrogen-bond donors (Lipinski definition) is 1. The van der Waals surface area contributed by atoms with E-state index in [2.05, 4.69) is 4.98 Å². The molecule has 0 amide bonds. The summed E-state index contributed by atoms with van der Waals surface area (Å²) in [5.41, 5.74) is 1.48. The monoisotopic (exact) mass is 289 g/mol. The summed E-state index contributed by atoms with van der Waals surface area (Å²) in [6.45, 7) is 1.87. The maximum absolute atomic E-state index is 10.6. The molecular weight excluding hydrogens is 278 g/mol. The largest absolute Gasteiger partial charge is 0.478 e. The number of carboxylic acids is 1. The molecule has 0 saturated heterocycles. The first kappa shape index (κ1) is 14.1. The first-order chi connectivity index (χ1) is 9.56. The van der Waals surface area contributed by atoms with Gasteiger partial charge in [0, 0.05) is 22.9 Å². The van der Waals surface area contributed by atoms with E-state index in [-0.39, 0.29) is 0 Å². The average Bonchev–Trinajstić information content (AvgIpc) is 2.42. The number of carboxylic acid groups (broad SMARTS) is 1. The first-order valence-corrected chi connectivity index (χ1v) is 6.24. The minimum atomic E-state index is -1.03. The van der Waals surface area contributed by atoms with Crippen LogP contribution in [0.2, 0.25) is 5.02 Å². The third-order valence-corrected chi connectivity index (χ3v) is 2.97. The number of benzene rings is 1. The Kier molecular flexibility index (Phi) is 4.38. The molecular formula is C15H12ClNO3. The van der Waals surface area contributed by atoms with E-state index in [0.29, 0.717) is 22.2 Å². The van der Waals surface area contributed by atoms with E-state index in [1.165, 1.54) is 6.08 Å². The Bertz CT molecular complexity index is 668. The number of nitrogens with zero attached hydrogens (tertiary/aromatic N) is 1. The molecule has 0 radical (unpaired) electrons. The highest BCUT2D eigenvalue weighted by atomic mass is 35.5. The molecule has 1 heterocycles. The van der Waals surface area contributed by atoms with Crippen LogP contribution >= 0.6 is 11.6 Å². The van der Waals surface area contributed by atoms with Gasteiger partial charge in [0.2, 0.25) is 5.88 Å². The van der Waals surface area contributed by atoms with E-state index in [0.717, 1.165) is 11.6 Å². The number of ether oxygens (including phenoxy) is 1. The molecule has 0 saturated carbocycles. The average molecular weight is 290 g/mol. The minimum Gasteiger partial charge on any atom is -0.478 e. The number of aliphatic carboxylic acids is 1. The van der Waals surface area contributed by atoms with Gasteiger partial charge in [-0.15, -0.1) is 0 Å². The van der Waals surface area contributed by atoms with Crippen LogP contribution < -0.4 is 4.74 Å². The summed E-state index contributed by atoms with van der Waals surface area (Å²) < 4.78 is 5.66. The smallest absolute Gasteiger partial charge is 0.328 e. The Morgan fingerprint density at radius 2 is 2.20 bits per heavy atom. The van der Waals surface area contributed by atoms with Gasteiger partial charge >= 0.3 is 5.97 Å². The van der Waals surface area contributed by atoms with Crippen molar-refractivity contribution in [3.63, 3.8) is 0 Å². The van der Waals surface area contributed by atoms with Gasteiger partial charge in [-0.1, -0.05) is 11.6 Å². The molecule has 1 aromatic heterocycles. The Balaban J connectivity index is 2.29. The van der Waals surface area contributed by atoms with Crippen LogP contribution in [0, 0.1) is 6.92 Å². The first-order valence-electron chi connectivity index (χ1n) is 5.86. The molecule has 1 aromatic carbocycles. The van der Waals surface area contributed by atoms with E-state index in [4.69, 9.17) is 21.4 Å². The van der Waals surface area contributed by atoms with Gasteiger partial charge < -0.3 is 9.84 Å². The molecule has 20 heavy (non-hydrogen) atoms. The predicted molar refractivity (Wildman–Crippen MR) is 77.2 cm³/mol. The normalized spacial score (nSPS) is 10.7. The summed E-state index contributed by atoms with van der Waals surface area (Å²) >= 11 is 5.95. The van der Waals surface area contributed by atoms with E-state index in [9.17, 15) is 4.79 Å². The second-order valence-corrected chi connectivity index (χ2v) is 4.49. The second-order valence-electron chi connectivity index (χ2n) is 4.08. The van der Waals surface area contributed by atoms with Gasteiger partial charge in [0.1, 0.15) is 5.75 Å². The fourth-order valence-electron chi connectivity index (χ4n) is 1.57. The molecule has 4 nitrogen and oxygen atoms in total. The highest BCUT2D eigenvalue weighted by Gasteiger charge is 2.05. The molecule has 5 heteroatoms. The van der Waals surface area contributed by atoms with E-state index in [1.54, 1.807) is 36.5 Å². The zero-order chi connectivity index (χ0) is 14.5. The Hall–Kier alpha value is -2.33. The third kappa shape index (κ3) is 3.59. The van der Waals surface area contributed by atoms with Crippen molar-refractivity contribution in [2.24, 2.45) is 0 Å². The van der Waals surface area contributed by atoms with Gasteiger partial charge in [0.15, 0.2) is 0 Å². The summed E-state index contributed by atoms with van der Waals surface area (Å²) in [6, 6.07) is 8.70. The van der Waals surface area contributed by atoms with Crippen molar-refractivity contribution >= 4 is 23.6 Å². The molecule has 0 bridgehead atoms. The van der Waals surface area contributed by atoms with E-state index < -0.39 is 5.97 Å². The van der Waals surface area contributed by atoms with Crippen molar-refractivity contribution in [2.45, 2.75) is 6.92 Å². The fourth-order valence-corrected chi connectivity index (χ4v) is 1.69. The molecule has 0 unspecified atom stereocenters. The lowest BCUT2D eigenvalue weighted by atomic mass is 10.2. The molecule has 0 atom stereocenters. The Morgan fingerprint density at radius 3 is 2.90 bits per heavy atom. The lowest BCUT2D eigenvalue weighted by molar-refractivity contribution is -0.131. The second kappa shape index (κ2) is 6.21. The van der Waals surface area contributed by atoms with Crippen LogP contribution in [0.15, 0.2) is 42.6 Å². The number of aromatic nitrogens is 1. The van der Waals surface area contributed by atoms with Crippen molar-refractivity contribution in [1.29, 1.82) is 0 Å². The maximum atomic E-state index is 10.6. The van der Waals surface area contributed by atoms with E-state index >= 15 is 0 Å². The lowest BCUT2D eigenvalue weighted by Crippen LogP contribution is -1.92. The summed E-state index contributed by atoms with van der Waals surface area (Å²) in [7, 11) is 0. The molecule has 0 spiro atoms. The highest BCUT2D eigenvalue weighted by Crippen LogP contribution is 2.27. The summed E-state index contributed by atoms with van der Waals surface area (Å²) in [5.74, 6) is -0.0931. The van der Waals surface area contributed by atoms with Crippen LogP contribution in [0.5, 0.6) is 11.6 Å². The third-order valence-electron chi connectivity index (χ3n) is 2.55. The van der Waals surface area contributed by atoms with Gasteiger partial charge in [-0.3, -0.25) is 0 Å². The van der Waals surface area contributed by atoms with Crippen molar-refractivity contribution in [1.82, 2.24) is 4.98 Å². The molecule has 0 aliphatic carbocycles. The minimum absolute atomic E-state index is 0.340. The molecule has 102 valence electrons. The van der Waals surface area contributed by atoms with Crippen LogP contribution in [0.3, 0.4) is 0 Å². The summed E-state index contributed by atoms with van der Waals surface area (Å²) in [6.07, 6.45) is 4.06. The number of rotatable bonds is 4.